The summed E-state index contributed by atoms with van der Waals surface area (Å²) in [5.74, 6) is -3.66. The van der Waals surface area contributed by atoms with E-state index in [9.17, 15) is 9.59 Å². The zero-order valence-electron chi connectivity index (χ0n) is 8.84. The van der Waals surface area contributed by atoms with Gasteiger partial charge in [-0.1, -0.05) is 28.1 Å². The van der Waals surface area contributed by atoms with Gasteiger partial charge >= 0.3 is 11.9 Å². The van der Waals surface area contributed by atoms with E-state index in [0.29, 0.717) is 0 Å². The van der Waals surface area contributed by atoms with Crippen LogP contribution in [0.25, 0.3) is 0 Å². The van der Waals surface area contributed by atoms with Crippen LogP contribution in [0.3, 0.4) is 0 Å². The molecule has 0 saturated carbocycles. The molecule has 0 aliphatic carbocycles. The third kappa shape index (κ3) is 3.83. The van der Waals surface area contributed by atoms with Crippen molar-refractivity contribution in [1.29, 1.82) is 0 Å². The van der Waals surface area contributed by atoms with Gasteiger partial charge in [-0.05, 0) is 24.1 Å². The van der Waals surface area contributed by atoms with E-state index in [0.717, 1.165) is 10.0 Å². The lowest BCUT2D eigenvalue weighted by atomic mass is 9.93. The van der Waals surface area contributed by atoms with E-state index in [-0.39, 0.29) is 6.42 Å². The van der Waals surface area contributed by atoms with Gasteiger partial charge in [-0.3, -0.25) is 9.59 Å². The molecule has 0 bridgehead atoms. The van der Waals surface area contributed by atoms with Crippen LogP contribution in [-0.4, -0.2) is 28.2 Å². The fourth-order valence-electron chi connectivity index (χ4n) is 1.46. The Hall–Kier alpha value is -1.40. The number of hydrogen-bond donors (Lipinski definition) is 3. The summed E-state index contributed by atoms with van der Waals surface area (Å²) in [4.78, 5) is 21.7. The van der Waals surface area contributed by atoms with Crippen molar-refractivity contribution in [2.45, 2.75) is 12.5 Å². The monoisotopic (exact) mass is 301 g/mol. The van der Waals surface area contributed by atoms with Crippen molar-refractivity contribution >= 4 is 27.9 Å². The fourth-order valence-corrected chi connectivity index (χ4v) is 1.90. The molecule has 0 aliphatic rings. The van der Waals surface area contributed by atoms with Gasteiger partial charge in [0.2, 0.25) is 0 Å². The van der Waals surface area contributed by atoms with Crippen LogP contribution in [0.2, 0.25) is 0 Å². The predicted molar refractivity (Wildman–Crippen MR) is 64.6 cm³/mol. The van der Waals surface area contributed by atoms with E-state index >= 15 is 0 Å². The number of carbonyl (C=O) groups is 2. The molecule has 5 nitrogen and oxygen atoms in total. The summed E-state index contributed by atoms with van der Waals surface area (Å²) in [6.45, 7) is 0. The molecular weight excluding hydrogens is 290 g/mol. The molecule has 0 radical (unpaired) electrons. The van der Waals surface area contributed by atoms with Crippen LogP contribution in [-0.2, 0) is 16.0 Å². The lowest BCUT2D eigenvalue weighted by molar-refractivity contribution is -0.149. The predicted octanol–water partition coefficient (Wildman–Crippen LogP) is 1.10. The maximum atomic E-state index is 11.0. The van der Waals surface area contributed by atoms with E-state index in [1.807, 2.05) is 0 Å². The van der Waals surface area contributed by atoms with E-state index in [4.69, 9.17) is 15.9 Å². The summed E-state index contributed by atoms with van der Waals surface area (Å²) in [6.07, 6.45) is 0.0856. The minimum atomic E-state index is -1.41. The Labute approximate surface area is 106 Å². The van der Waals surface area contributed by atoms with E-state index in [1.54, 1.807) is 24.3 Å². The van der Waals surface area contributed by atoms with Crippen molar-refractivity contribution in [3.63, 3.8) is 0 Å². The second-order valence-electron chi connectivity index (χ2n) is 3.64. The number of carboxylic acids is 2. The molecule has 0 heterocycles. The second kappa shape index (κ2) is 5.79. The average Bonchev–Trinajstić information content (AvgIpc) is 2.24. The number of halogens is 1. The molecule has 2 atom stereocenters. The van der Waals surface area contributed by atoms with E-state index in [2.05, 4.69) is 15.9 Å². The molecule has 0 fully saturated rings. The molecule has 0 amide bonds. The first-order valence-corrected chi connectivity index (χ1v) is 5.66. The molecule has 1 rings (SSSR count). The first-order chi connectivity index (χ1) is 7.91. The van der Waals surface area contributed by atoms with Gasteiger partial charge in [-0.2, -0.15) is 0 Å². The Bertz CT molecular complexity index is 435. The largest absolute Gasteiger partial charge is 0.481 e. The van der Waals surface area contributed by atoms with E-state index < -0.39 is 23.9 Å². The van der Waals surface area contributed by atoms with Crippen LogP contribution in [0.5, 0.6) is 0 Å². The normalized spacial score (nSPS) is 14.0. The van der Waals surface area contributed by atoms with Gasteiger partial charge in [0, 0.05) is 4.47 Å². The molecule has 6 heteroatoms. The molecule has 0 spiro atoms. The fraction of sp³-hybridized carbons (Fsp3) is 0.273. The van der Waals surface area contributed by atoms with Gasteiger partial charge < -0.3 is 15.9 Å². The van der Waals surface area contributed by atoms with Crippen molar-refractivity contribution in [1.82, 2.24) is 0 Å². The van der Waals surface area contributed by atoms with Crippen LogP contribution in [0.1, 0.15) is 5.56 Å². The van der Waals surface area contributed by atoms with E-state index in [1.165, 1.54) is 0 Å². The Morgan fingerprint density at radius 1 is 1.29 bits per heavy atom. The Balaban J connectivity index is 2.88. The minimum Gasteiger partial charge on any atom is -0.481 e. The Morgan fingerprint density at radius 3 is 2.41 bits per heavy atom. The molecule has 1 aromatic carbocycles. The Kier molecular flexibility index (Phi) is 4.65. The summed E-state index contributed by atoms with van der Waals surface area (Å²) < 4.78 is 0.808. The molecule has 4 N–H and O–H groups in total. The maximum absolute atomic E-state index is 11.0. The van der Waals surface area contributed by atoms with Crippen LogP contribution < -0.4 is 5.73 Å². The van der Waals surface area contributed by atoms with Gasteiger partial charge in [-0.15, -0.1) is 0 Å². The lowest BCUT2D eigenvalue weighted by Gasteiger charge is -2.16. The van der Waals surface area contributed by atoms with Gasteiger partial charge in [0.05, 0.1) is 5.92 Å². The van der Waals surface area contributed by atoms with Gasteiger partial charge in [-0.25, -0.2) is 0 Å². The summed E-state index contributed by atoms with van der Waals surface area (Å²) in [5, 5.41) is 17.7. The number of carboxylic acid groups (broad SMARTS) is 2. The molecular formula is C11H12BrNO4. The molecule has 1 unspecified atom stereocenters. The van der Waals surface area contributed by atoms with Crippen LogP contribution in [0.15, 0.2) is 28.7 Å². The number of benzene rings is 1. The number of rotatable bonds is 5. The van der Waals surface area contributed by atoms with Crippen LogP contribution in [0.4, 0.5) is 0 Å². The maximum Gasteiger partial charge on any atom is 0.321 e. The molecule has 92 valence electrons. The first-order valence-electron chi connectivity index (χ1n) is 4.87. The summed E-state index contributed by atoms with van der Waals surface area (Å²) in [7, 11) is 0. The summed E-state index contributed by atoms with van der Waals surface area (Å²) >= 11 is 3.26. The minimum absolute atomic E-state index is 0.0856. The molecule has 0 saturated heterocycles. The summed E-state index contributed by atoms with van der Waals surface area (Å²) in [6, 6.07) is 5.62. The molecule has 1 aromatic rings. The van der Waals surface area contributed by atoms with Crippen molar-refractivity contribution in [3.8, 4) is 0 Å². The number of hydrogen-bond acceptors (Lipinski definition) is 3. The highest BCUT2D eigenvalue weighted by Gasteiger charge is 2.30. The third-order valence-corrected chi connectivity index (χ3v) is 2.87. The third-order valence-electron chi connectivity index (χ3n) is 2.38. The average molecular weight is 302 g/mol. The van der Waals surface area contributed by atoms with Gasteiger partial charge in [0.15, 0.2) is 0 Å². The highest BCUT2D eigenvalue weighted by Crippen LogP contribution is 2.17. The van der Waals surface area contributed by atoms with Gasteiger partial charge in [0.1, 0.15) is 6.04 Å². The quantitative estimate of drug-likeness (QED) is 0.756. The SMILES string of the molecule is N[C@H](C(=O)O)C(Cc1cccc(Br)c1)C(=O)O. The molecule has 17 heavy (non-hydrogen) atoms. The lowest BCUT2D eigenvalue weighted by Crippen LogP contribution is -2.43. The molecule has 0 aromatic heterocycles. The zero-order valence-corrected chi connectivity index (χ0v) is 10.4. The Morgan fingerprint density at radius 2 is 1.94 bits per heavy atom. The zero-order chi connectivity index (χ0) is 13.0. The highest BCUT2D eigenvalue weighted by molar-refractivity contribution is 9.10. The van der Waals surface area contributed by atoms with Crippen molar-refractivity contribution in [3.05, 3.63) is 34.3 Å². The number of aliphatic carboxylic acids is 2. The van der Waals surface area contributed by atoms with Crippen molar-refractivity contribution in [2.24, 2.45) is 11.7 Å². The second-order valence-corrected chi connectivity index (χ2v) is 4.56. The van der Waals surface area contributed by atoms with Crippen molar-refractivity contribution < 1.29 is 19.8 Å². The van der Waals surface area contributed by atoms with Crippen LogP contribution >= 0.6 is 15.9 Å². The first kappa shape index (κ1) is 13.7. The van der Waals surface area contributed by atoms with Crippen LogP contribution in [0, 0.1) is 5.92 Å². The van der Waals surface area contributed by atoms with Gasteiger partial charge in [0.25, 0.3) is 0 Å². The highest BCUT2D eigenvalue weighted by atomic mass is 79.9. The topological polar surface area (TPSA) is 101 Å². The standard InChI is InChI=1S/C11H12BrNO4/c12-7-3-1-2-6(4-7)5-8(10(14)15)9(13)11(16)17/h1-4,8-9H,5,13H2,(H,14,15)(H,16,17)/t8?,9-/m0/s1. The number of nitrogens with two attached hydrogens (primary N) is 1. The smallest absolute Gasteiger partial charge is 0.321 e. The van der Waals surface area contributed by atoms with Crippen molar-refractivity contribution in [2.75, 3.05) is 0 Å². The summed E-state index contributed by atoms with van der Waals surface area (Å²) in [5.41, 5.74) is 6.08. The molecule has 0 aliphatic heterocycles.